The maximum atomic E-state index is 12.5. The summed E-state index contributed by atoms with van der Waals surface area (Å²) in [6, 6.07) is 14.5. The second-order valence-corrected chi connectivity index (χ2v) is 6.98. The van der Waals surface area contributed by atoms with Gasteiger partial charge in [0.15, 0.2) is 23.4 Å². The van der Waals surface area contributed by atoms with Crippen molar-refractivity contribution in [3.63, 3.8) is 0 Å². The number of hydrogen-bond acceptors (Lipinski definition) is 5. The quantitative estimate of drug-likeness (QED) is 0.404. The fourth-order valence-electron chi connectivity index (χ4n) is 2.96. The third kappa shape index (κ3) is 4.89. The lowest BCUT2D eigenvalue weighted by Gasteiger charge is -2.20. The Kier molecular flexibility index (Phi) is 6.57. The van der Waals surface area contributed by atoms with Gasteiger partial charge >= 0.3 is 0 Å². The van der Waals surface area contributed by atoms with Crippen LogP contribution in [0.15, 0.2) is 59.0 Å². The molecular formula is C24H25NO5. The van der Waals surface area contributed by atoms with Crippen LogP contribution >= 0.6 is 0 Å². The molecule has 0 N–H and O–H groups in total. The fraction of sp³-hybridized carbons (Fsp3) is 0.250. The molecule has 0 aliphatic heterocycles. The van der Waals surface area contributed by atoms with Crippen LogP contribution in [-0.4, -0.2) is 43.4 Å². The van der Waals surface area contributed by atoms with Crippen molar-refractivity contribution in [3.05, 3.63) is 65.9 Å². The van der Waals surface area contributed by atoms with E-state index in [9.17, 15) is 9.59 Å². The van der Waals surface area contributed by atoms with E-state index in [0.29, 0.717) is 23.7 Å². The van der Waals surface area contributed by atoms with Crippen LogP contribution < -0.4 is 9.47 Å². The number of nitrogens with zero attached hydrogens (tertiary/aromatic N) is 1. The summed E-state index contributed by atoms with van der Waals surface area (Å²) in [5, 5.41) is 0.885. The number of para-hydroxylation sites is 1. The molecule has 0 bridgehead atoms. The standard InChI is InChI=1S/C24H25NO5/c1-5-28-23-14-17(11-13-21(23)29-16(2)24(27)25(3)4)10-12-19(26)22-15-18-8-6-7-9-20(18)30-22/h6-16H,5H2,1-4H3/b12-10+/t16-/m1/s1. The average Bonchev–Trinajstić information content (AvgIpc) is 3.17. The SMILES string of the molecule is CCOc1cc(/C=C/C(=O)c2cc3ccccc3o2)ccc1O[C@H](C)C(=O)N(C)C. The van der Waals surface area contributed by atoms with E-state index in [2.05, 4.69) is 0 Å². The minimum absolute atomic E-state index is 0.141. The number of ether oxygens (including phenoxy) is 2. The van der Waals surface area contributed by atoms with Crippen LogP contribution in [0.4, 0.5) is 0 Å². The maximum Gasteiger partial charge on any atom is 0.262 e. The van der Waals surface area contributed by atoms with Gasteiger partial charge in [-0.25, -0.2) is 0 Å². The Balaban J connectivity index is 1.77. The second kappa shape index (κ2) is 9.31. The second-order valence-electron chi connectivity index (χ2n) is 6.98. The van der Waals surface area contributed by atoms with Crippen molar-refractivity contribution in [2.45, 2.75) is 20.0 Å². The predicted molar refractivity (Wildman–Crippen MR) is 116 cm³/mol. The highest BCUT2D eigenvalue weighted by molar-refractivity contribution is 6.07. The number of allylic oxidation sites excluding steroid dienone is 1. The highest BCUT2D eigenvalue weighted by atomic mass is 16.5. The summed E-state index contributed by atoms with van der Waals surface area (Å²) < 4.78 is 17.0. The van der Waals surface area contributed by atoms with Gasteiger partial charge in [0, 0.05) is 19.5 Å². The molecule has 156 valence electrons. The summed E-state index contributed by atoms with van der Waals surface area (Å²) in [5.74, 6) is 0.899. The number of likely N-dealkylation sites (N-methyl/N-ethyl adjacent to an activating group) is 1. The lowest BCUT2D eigenvalue weighted by atomic mass is 10.1. The van der Waals surface area contributed by atoms with E-state index in [4.69, 9.17) is 13.9 Å². The molecule has 0 radical (unpaired) electrons. The minimum Gasteiger partial charge on any atom is -0.490 e. The van der Waals surface area contributed by atoms with E-state index < -0.39 is 6.10 Å². The van der Waals surface area contributed by atoms with Crippen LogP contribution in [0.1, 0.15) is 30.0 Å². The van der Waals surface area contributed by atoms with E-state index >= 15 is 0 Å². The highest BCUT2D eigenvalue weighted by Gasteiger charge is 2.18. The molecule has 1 atom stereocenters. The van der Waals surface area contributed by atoms with Crippen LogP contribution in [0, 0.1) is 0 Å². The molecule has 6 nitrogen and oxygen atoms in total. The molecule has 0 fully saturated rings. The van der Waals surface area contributed by atoms with Crippen LogP contribution in [-0.2, 0) is 4.79 Å². The summed E-state index contributed by atoms with van der Waals surface area (Å²) in [6.07, 6.45) is 2.51. The van der Waals surface area contributed by atoms with Gasteiger partial charge in [-0.3, -0.25) is 9.59 Å². The summed E-state index contributed by atoms with van der Waals surface area (Å²) in [7, 11) is 3.36. The smallest absolute Gasteiger partial charge is 0.262 e. The molecule has 1 heterocycles. The van der Waals surface area contributed by atoms with Gasteiger partial charge in [-0.1, -0.05) is 30.3 Å². The van der Waals surface area contributed by atoms with Crippen molar-refractivity contribution in [1.82, 2.24) is 4.90 Å². The Morgan fingerprint density at radius 3 is 2.57 bits per heavy atom. The van der Waals surface area contributed by atoms with Crippen molar-refractivity contribution in [1.29, 1.82) is 0 Å². The van der Waals surface area contributed by atoms with Gasteiger partial charge in [0.1, 0.15) is 5.58 Å². The van der Waals surface area contributed by atoms with Gasteiger partial charge in [0.25, 0.3) is 5.91 Å². The van der Waals surface area contributed by atoms with Gasteiger partial charge in [0.05, 0.1) is 6.61 Å². The number of amides is 1. The Morgan fingerprint density at radius 1 is 1.10 bits per heavy atom. The van der Waals surface area contributed by atoms with Crippen molar-refractivity contribution in [2.24, 2.45) is 0 Å². The highest BCUT2D eigenvalue weighted by Crippen LogP contribution is 2.30. The van der Waals surface area contributed by atoms with Crippen LogP contribution in [0.5, 0.6) is 11.5 Å². The van der Waals surface area contributed by atoms with E-state index in [1.807, 2.05) is 31.2 Å². The number of benzene rings is 2. The first-order chi connectivity index (χ1) is 14.4. The molecule has 3 aromatic rings. The first-order valence-corrected chi connectivity index (χ1v) is 9.74. The Labute approximate surface area is 175 Å². The summed E-state index contributed by atoms with van der Waals surface area (Å²) in [6.45, 7) is 4.00. The van der Waals surface area contributed by atoms with Crippen LogP contribution in [0.25, 0.3) is 17.0 Å². The Hall–Kier alpha value is -3.54. The molecule has 1 aromatic heterocycles. The van der Waals surface area contributed by atoms with Gasteiger partial charge in [-0.15, -0.1) is 0 Å². The van der Waals surface area contributed by atoms with Gasteiger partial charge in [-0.2, -0.15) is 0 Å². The van der Waals surface area contributed by atoms with Crippen molar-refractivity contribution in [3.8, 4) is 11.5 Å². The monoisotopic (exact) mass is 407 g/mol. The van der Waals surface area contributed by atoms with Gasteiger partial charge in [-0.05, 0) is 49.8 Å². The molecule has 1 amide bonds. The van der Waals surface area contributed by atoms with Gasteiger partial charge in [0.2, 0.25) is 5.78 Å². The molecular weight excluding hydrogens is 382 g/mol. The minimum atomic E-state index is -0.643. The first kappa shape index (κ1) is 21.2. The van der Waals surface area contributed by atoms with Crippen molar-refractivity contribution in [2.75, 3.05) is 20.7 Å². The number of carbonyl (C=O) groups excluding carboxylic acids is 2. The third-order valence-electron chi connectivity index (χ3n) is 4.46. The molecule has 30 heavy (non-hydrogen) atoms. The average molecular weight is 407 g/mol. The van der Waals surface area contributed by atoms with Crippen LogP contribution in [0.2, 0.25) is 0 Å². The van der Waals surface area contributed by atoms with Crippen molar-refractivity contribution < 1.29 is 23.5 Å². The number of fused-ring (bicyclic) bond motifs is 1. The molecule has 0 aliphatic rings. The van der Waals surface area contributed by atoms with Gasteiger partial charge < -0.3 is 18.8 Å². The Morgan fingerprint density at radius 2 is 1.87 bits per heavy atom. The molecule has 0 aliphatic carbocycles. The molecule has 0 saturated carbocycles. The summed E-state index contributed by atoms with van der Waals surface area (Å²) in [4.78, 5) is 26.0. The van der Waals surface area contributed by atoms with E-state index in [1.54, 1.807) is 51.4 Å². The number of rotatable bonds is 8. The predicted octanol–water partition coefficient (Wildman–Crippen LogP) is 4.58. The summed E-state index contributed by atoms with van der Waals surface area (Å²) in [5.41, 5.74) is 1.44. The third-order valence-corrected chi connectivity index (χ3v) is 4.46. The molecule has 3 rings (SSSR count). The van der Waals surface area contributed by atoms with E-state index in [1.165, 1.54) is 11.0 Å². The normalized spacial score (nSPS) is 12.1. The van der Waals surface area contributed by atoms with Crippen molar-refractivity contribution >= 4 is 28.7 Å². The van der Waals surface area contributed by atoms with E-state index in [0.717, 1.165) is 10.9 Å². The lowest BCUT2D eigenvalue weighted by Crippen LogP contribution is -2.35. The maximum absolute atomic E-state index is 12.5. The molecule has 2 aromatic carbocycles. The fourth-order valence-corrected chi connectivity index (χ4v) is 2.96. The van der Waals surface area contributed by atoms with Crippen LogP contribution in [0.3, 0.4) is 0 Å². The molecule has 6 heteroatoms. The Bertz CT molecular complexity index is 1050. The number of ketones is 1. The number of furan rings is 1. The first-order valence-electron chi connectivity index (χ1n) is 9.74. The number of hydrogen-bond donors (Lipinski definition) is 0. The zero-order chi connectivity index (χ0) is 21.7. The topological polar surface area (TPSA) is 69.0 Å². The zero-order valence-electron chi connectivity index (χ0n) is 17.5. The summed E-state index contributed by atoms with van der Waals surface area (Å²) >= 11 is 0. The largest absolute Gasteiger partial charge is 0.490 e. The van der Waals surface area contributed by atoms with E-state index in [-0.39, 0.29) is 17.5 Å². The molecule has 0 unspecified atom stereocenters. The zero-order valence-corrected chi connectivity index (χ0v) is 17.5. The number of carbonyl (C=O) groups is 2. The molecule has 0 spiro atoms. The molecule has 0 saturated heterocycles. The lowest BCUT2D eigenvalue weighted by molar-refractivity contribution is -0.135.